The zero-order valence-electron chi connectivity index (χ0n) is 9.74. The van der Waals surface area contributed by atoms with Gasteiger partial charge in [0, 0.05) is 35.1 Å². The first-order valence-corrected chi connectivity index (χ1v) is 6.46. The lowest BCUT2D eigenvalue weighted by Gasteiger charge is -2.22. The normalized spacial score (nSPS) is 17.1. The van der Waals surface area contributed by atoms with Crippen molar-refractivity contribution in [2.24, 2.45) is 0 Å². The highest BCUT2D eigenvalue weighted by Crippen LogP contribution is 2.36. The second-order valence-electron chi connectivity index (χ2n) is 3.95. The molecular weight excluding hydrogens is 241 g/mol. The second kappa shape index (κ2) is 5.60. The number of halogens is 1. The Hall–Kier alpha value is -0.940. The molecule has 0 aromatic heterocycles. The summed E-state index contributed by atoms with van der Waals surface area (Å²) in [7, 11) is 1.46. The van der Waals surface area contributed by atoms with Crippen molar-refractivity contribution in [3.05, 3.63) is 17.9 Å². The summed E-state index contributed by atoms with van der Waals surface area (Å²) in [5.74, 6) is -0.171. The van der Waals surface area contributed by atoms with Gasteiger partial charge in [-0.05, 0) is 18.9 Å². The van der Waals surface area contributed by atoms with Crippen molar-refractivity contribution in [3.8, 4) is 5.75 Å². The predicted octanol–water partition coefficient (Wildman–Crippen LogP) is 2.69. The Kier molecular flexibility index (Phi) is 4.12. The van der Waals surface area contributed by atoms with Gasteiger partial charge in [0.2, 0.25) is 0 Å². The van der Waals surface area contributed by atoms with Gasteiger partial charge in [-0.3, -0.25) is 0 Å². The first-order chi connectivity index (χ1) is 8.20. The fourth-order valence-electron chi connectivity index (χ4n) is 1.78. The third kappa shape index (κ3) is 3.04. The van der Waals surface area contributed by atoms with Crippen LogP contribution in [0.2, 0.25) is 0 Å². The van der Waals surface area contributed by atoms with Crippen molar-refractivity contribution in [1.82, 2.24) is 0 Å². The molecule has 94 valence electrons. The quantitative estimate of drug-likeness (QED) is 0.846. The highest BCUT2D eigenvalue weighted by atomic mass is 32.2. The molecule has 0 saturated carbocycles. The lowest BCUT2D eigenvalue weighted by molar-refractivity contribution is 0.100. The summed E-state index contributed by atoms with van der Waals surface area (Å²) < 4.78 is 23.6. The van der Waals surface area contributed by atoms with Crippen LogP contribution in [-0.4, -0.2) is 25.6 Å². The highest BCUT2D eigenvalue weighted by molar-refractivity contribution is 8.00. The summed E-state index contributed by atoms with van der Waals surface area (Å²) in [5.41, 5.74) is 6.29. The molecule has 0 bridgehead atoms. The molecule has 0 spiro atoms. The minimum absolute atomic E-state index is 0.244. The summed E-state index contributed by atoms with van der Waals surface area (Å²) in [6.45, 7) is 1.58. The maximum absolute atomic E-state index is 13.4. The lowest BCUT2D eigenvalue weighted by Crippen LogP contribution is -2.17. The standard InChI is InChI=1S/C12H16FNO2S/c1-15-11-7-12(10(14)6-9(11)13)17-8-2-4-16-5-3-8/h6-8H,2-5,14H2,1H3. The lowest BCUT2D eigenvalue weighted by atomic mass is 10.2. The number of benzene rings is 1. The average Bonchev–Trinajstić information content (AvgIpc) is 2.34. The zero-order chi connectivity index (χ0) is 12.3. The van der Waals surface area contributed by atoms with Gasteiger partial charge >= 0.3 is 0 Å². The Morgan fingerprint density at radius 2 is 2.12 bits per heavy atom. The number of anilines is 1. The molecule has 1 fully saturated rings. The number of ether oxygens (including phenoxy) is 2. The molecule has 3 nitrogen and oxygen atoms in total. The van der Waals surface area contributed by atoms with Crippen LogP contribution in [0.1, 0.15) is 12.8 Å². The molecule has 17 heavy (non-hydrogen) atoms. The van der Waals surface area contributed by atoms with Crippen molar-refractivity contribution < 1.29 is 13.9 Å². The first kappa shape index (κ1) is 12.5. The van der Waals surface area contributed by atoms with E-state index in [2.05, 4.69) is 0 Å². The van der Waals surface area contributed by atoms with Gasteiger partial charge in [0.15, 0.2) is 11.6 Å². The molecule has 0 atom stereocenters. The van der Waals surface area contributed by atoms with Gasteiger partial charge in [-0.2, -0.15) is 0 Å². The smallest absolute Gasteiger partial charge is 0.167 e. The van der Waals surface area contributed by atoms with Crippen molar-refractivity contribution in [2.75, 3.05) is 26.1 Å². The number of rotatable bonds is 3. The van der Waals surface area contributed by atoms with Gasteiger partial charge in [0.1, 0.15) is 0 Å². The van der Waals surface area contributed by atoms with Crippen molar-refractivity contribution in [2.45, 2.75) is 23.0 Å². The first-order valence-electron chi connectivity index (χ1n) is 5.58. The number of thioether (sulfide) groups is 1. The molecular formula is C12H16FNO2S. The van der Waals surface area contributed by atoms with Crippen molar-refractivity contribution in [1.29, 1.82) is 0 Å². The van der Waals surface area contributed by atoms with Crippen LogP contribution in [0.25, 0.3) is 0 Å². The molecule has 0 radical (unpaired) electrons. The number of hydrogen-bond acceptors (Lipinski definition) is 4. The van der Waals surface area contributed by atoms with Crippen LogP contribution in [0, 0.1) is 5.82 Å². The molecule has 1 saturated heterocycles. The van der Waals surface area contributed by atoms with E-state index in [0.717, 1.165) is 31.0 Å². The van der Waals surface area contributed by atoms with E-state index in [4.69, 9.17) is 15.2 Å². The Bertz CT molecular complexity index is 394. The van der Waals surface area contributed by atoms with E-state index in [-0.39, 0.29) is 5.75 Å². The van der Waals surface area contributed by atoms with Gasteiger partial charge < -0.3 is 15.2 Å². The third-order valence-corrected chi connectivity index (χ3v) is 4.16. The number of nitrogen functional groups attached to an aromatic ring is 1. The van der Waals surface area contributed by atoms with E-state index in [1.54, 1.807) is 17.8 Å². The molecule has 2 N–H and O–H groups in total. The predicted molar refractivity (Wildman–Crippen MR) is 67.1 cm³/mol. The van der Waals surface area contributed by atoms with Crippen LogP contribution in [0.15, 0.2) is 17.0 Å². The largest absolute Gasteiger partial charge is 0.494 e. The Morgan fingerprint density at radius 1 is 1.41 bits per heavy atom. The van der Waals surface area contributed by atoms with Crippen molar-refractivity contribution in [3.63, 3.8) is 0 Å². The molecule has 0 unspecified atom stereocenters. The van der Waals surface area contributed by atoms with Gasteiger partial charge in [-0.15, -0.1) is 11.8 Å². The average molecular weight is 257 g/mol. The maximum atomic E-state index is 13.4. The summed E-state index contributed by atoms with van der Waals surface area (Å²) in [4.78, 5) is 0.884. The van der Waals surface area contributed by atoms with E-state index in [1.165, 1.54) is 13.2 Å². The monoisotopic (exact) mass is 257 g/mol. The van der Waals surface area contributed by atoms with Crippen LogP contribution < -0.4 is 10.5 Å². The zero-order valence-corrected chi connectivity index (χ0v) is 10.6. The fourth-order valence-corrected chi connectivity index (χ4v) is 2.94. The molecule has 0 amide bonds. The highest BCUT2D eigenvalue weighted by Gasteiger charge is 2.17. The van der Waals surface area contributed by atoms with Crippen LogP contribution in [0.5, 0.6) is 5.75 Å². The minimum atomic E-state index is -0.415. The van der Waals surface area contributed by atoms with Gasteiger partial charge in [-0.1, -0.05) is 0 Å². The third-order valence-electron chi connectivity index (χ3n) is 2.75. The number of nitrogens with two attached hydrogens (primary N) is 1. The van der Waals surface area contributed by atoms with Crippen molar-refractivity contribution >= 4 is 17.4 Å². The Labute approximate surface area is 104 Å². The van der Waals surface area contributed by atoms with Crippen LogP contribution in [0.3, 0.4) is 0 Å². The molecule has 1 heterocycles. The minimum Gasteiger partial charge on any atom is -0.494 e. The fraction of sp³-hybridized carbons (Fsp3) is 0.500. The molecule has 5 heteroatoms. The van der Waals surface area contributed by atoms with Gasteiger partial charge in [-0.25, -0.2) is 4.39 Å². The Balaban J connectivity index is 2.13. The molecule has 1 aliphatic heterocycles. The SMILES string of the molecule is COc1cc(SC2CCOCC2)c(N)cc1F. The summed E-state index contributed by atoms with van der Waals surface area (Å²) in [5, 5.41) is 0.487. The van der Waals surface area contributed by atoms with E-state index in [1.807, 2.05) is 0 Å². The summed E-state index contributed by atoms with van der Waals surface area (Å²) in [6, 6.07) is 2.99. The van der Waals surface area contributed by atoms with Gasteiger partial charge in [0.25, 0.3) is 0 Å². The maximum Gasteiger partial charge on any atom is 0.167 e. The van der Waals surface area contributed by atoms with E-state index >= 15 is 0 Å². The molecule has 0 aliphatic carbocycles. The molecule has 1 aliphatic rings. The summed E-state index contributed by atoms with van der Waals surface area (Å²) in [6.07, 6.45) is 2.01. The second-order valence-corrected chi connectivity index (χ2v) is 5.30. The van der Waals surface area contributed by atoms with Gasteiger partial charge in [0.05, 0.1) is 7.11 Å². The number of methoxy groups -OCH3 is 1. The van der Waals surface area contributed by atoms with E-state index < -0.39 is 5.82 Å². The topological polar surface area (TPSA) is 44.5 Å². The van der Waals surface area contributed by atoms with E-state index in [9.17, 15) is 4.39 Å². The Morgan fingerprint density at radius 3 is 2.76 bits per heavy atom. The number of hydrogen-bond donors (Lipinski definition) is 1. The summed E-state index contributed by atoms with van der Waals surface area (Å²) >= 11 is 1.68. The van der Waals surface area contributed by atoms with Crippen LogP contribution in [-0.2, 0) is 4.74 Å². The molecule has 1 aromatic carbocycles. The van der Waals surface area contributed by atoms with Crippen LogP contribution in [0.4, 0.5) is 10.1 Å². The van der Waals surface area contributed by atoms with E-state index in [0.29, 0.717) is 10.9 Å². The van der Waals surface area contributed by atoms with Crippen LogP contribution >= 0.6 is 11.8 Å². The molecule has 1 aromatic rings. The molecule has 2 rings (SSSR count).